The zero-order valence-electron chi connectivity index (χ0n) is 11.4. The standard InChI is InChI=1S/C17H16O2/c1-13-4-6-14(7-5-13)8-9-15-12-16(18-2)10-11-17(15)19-3/h4-7,10-12H,1-3H3. The van der Waals surface area contributed by atoms with Crippen molar-refractivity contribution in [2.75, 3.05) is 14.2 Å². The van der Waals surface area contributed by atoms with E-state index in [9.17, 15) is 0 Å². The number of methoxy groups -OCH3 is 2. The molecule has 0 N–H and O–H groups in total. The van der Waals surface area contributed by atoms with E-state index < -0.39 is 0 Å². The van der Waals surface area contributed by atoms with Crippen LogP contribution in [0.15, 0.2) is 42.5 Å². The molecule has 2 aromatic rings. The summed E-state index contributed by atoms with van der Waals surface area (Å²) in [6, 6.07) is 13.7. The summed E-state index contributed by atoms with van der Waals surface area (Å²) in [6.07, 6.45) is 0. The second kappa shape index (κ2) is 5.97. The van der Waals surface area contributed by atoms with Crippen molar-refractivity contribution in [1.82, 2.24) is 0 Å². The van der Waals surface area contributed by atoms with Crippen molar-refractivity contribution in [2.45, 2.75) is 6.92 Å². The Morgan fingerprint density at radius 1 is 0.842 bits per heavy atom. The van der Waals surface area contributed by atoms with Gasteiger partial charge in [-0.25, -0.2) is 0 Å². The largest absolute Gasteiger partial charge is 0.497 e. The van der Waals surface area contributed by atoms with Crippen molar-refractivity contribution in [3.8, 4) is 23.3 Å². The minimum absolute atomic E-state index is 0.750. The maximum atomic E-state index is 5.29. The van der Waals surface area contributed by atoms with Gasteiger partial charge in [-0.2, -0.15) is 0 Å². The van der Waals surface area contributed by atoms with Gasteiger partial charge >= 0.3 is 0 Å². The van der Waals surface area contributed by atoms with Gasteiger partial charge < -0.3 is 9.47 Å². The summed E-state index contributed by atoms with van der Waals surface area (Å²) in [5.41, 5.74) is 3.03. The van der Waals surface area contributed by atoms with E-state index in [0.29, 0.717) is 0 Å². The zero-order valence-corrected chi connectivity index (χ0v) is 11.4. The second-order valence-corrected chi connectivity index (χ2v) is 4.18. The first-order chi connectivity index (χ1) is 9.22. The van der Waals surface area contributed by atoms with Crippen LogP contribution in [-0.4, -0.2) is 14.2 Å². The summed E-state index contributed by atoms with van der Waals surface area (Å²) < 4.78 is 10.5. The Balaban J connectivity index is 2.34. The van der Waals surface area contributed by atoms with Gasteiger partial charge in [0.1, 0.15) is 11.5 Å². The van der Waals surface area contributed by atoms with E-state index in [1.54, 1.807) is 14.2 Å². The van der Waals surface area contributed by atoms with E-state index in [-0.39, 0.29) is 0 Å². The Morgan fingerprint density at radius 2 is 1.58 bits per heavy atom. The van der Waals surface area contributed by atoms with E-state index in [1.807, 2.05) is 42.5 Å². The van der Waals surface area contributed by atoms with Crippen molar-refractivity contribution >= 4 is 0 Å². The molecule has 19 heavy (non-hydrogen) atoms. The van der Waals surface area contributed by atoms with Crippen LogP contribution >= 0.6 is 0 Å². The Labute approximate surface area is 114 Å². The average molecular weight is 252 g/mol. The predicted molar refractivity (Wildman–Crippen MR) is 76.7 cm³/mol. The molecule has 2 heteroatoms. The van der Waals surface area contributed by atoms with Gasteiger partial charge in [0.15, 0.2) is 0 Å². The smallest absolute Gasteiger partial charge is 0.134 e. The number of ether oxygens (including phenoxy) is 2. The number of rotatable bonds is 2. The van der Waals surface area contributed by atoms with Crippen LogP contribution in [0.1, 0.15) is 16.7 Å². The highest BCUT2D eigenvalue weighted by Gasteiger charge is 2.01. The van der Waals surface area contributed by atoms with Crippen molar-refractivity contribution in [1.29, 1.82) is 0 Å². The molecule has 0 bridgehead atoms. The lowest BCUT2D eigenvalue weighted by atomic mass is 10.1. The molecule has 0 aromatic heterocycles. The van der Waals surface area contributed by atoms with Crippen LogP contribution in [-0.2, 0) is 0 Å². The van der Waals surface area contributed by atoms with Crippen LogP contribution in [0, 0.1) is 18.8 Å². The molecule has 0 heterocycles. The van der Waals surface area contributed by atoms with Crippen molar-refractivity contribution in [3.63, 3.8) is 0 Å². The quantitative estimate of drug-likeness (QED) is 0.762. The molecule has 96 valence electrons. The minimum atomic E-state index is 0.750. The van der Waals surface area contributed by atoms with E-state index in [4.69, 9.17) is 9.47 Å². The normalized spacial score (nSPS) is 9.42. The highest BCUT2D eigenvalue weighted by Crippen LogP contribution is 2.23. The lowest BCUT2D eigenvalue weighted by Gasteiger charge is -2.05. The molecule has 0 aliphatic heterocycles. The van der Waals surface area contributed by atoms with Gasteiger partial charge in [-0.15, -0.1) is 0 Å². The number of hydrogen-bond donors (Lipinski definition) is 0. The summed E-state index contributed by atoms with van der Waals surface area (Å²) in [6.45, 7) is 2.06. The Bertz CT molecular complexity index is 616. The third kappa shape index (κ3) is 3.29. The molecule has 2 nitrogen and oxygen atoms in total. The maximum Gasteiger partial charge on any atom is 0.134 e. The van der Waals surface area contributed by atoms with Crippen LogP contribution in [0.4, 0.5) is 0 Å². The summed E-state index contributed by atoms with van der Waals surface area (Å²) in [5.74, 6) is 7.77. The molecule has 0 radical (unpaired) electrons. The van der Waals surface area contributed by atoms with E-state index in [0.717, 1.165) is 22.6 Å². The molecule has 2 aromatic carbocycles. The topological polar surface area (TPSA) is 18.5 Å². The molecule has 0 unspecified atom stereocenters. The first-order valence-corrected chi connectivity index (χ1v) is 6.03. The molecule has 0 amide bonds. The van der Waals surface area contributed by atoms with Crippen LogP contribution in [0.5, 0.6) is 11.5 Å². The van der Waals surface area contributed by atoms with E-state index >= 15 is 0 Å². The van der Waals surface area contributed by atoms with Gasteiger partial charge in [0.05, 0.1) is 19.8 Å². The van der Waals surface area contributed by atoms with Crippen LogP contribution in [0.25, 0.3) is 0 Å². The average Bonchev–Trinajstić information content (AvgIpc) is 2.46. The maximum absolute atomic E-state index is 5.29. The number of benzene rings is 2. The molecule has 0 saturated heterocycles. The van der Waals surface area contributed by atoms with Gasteiger partial charge in [0.2, 0.25) is 0 Å². The molecule has 0 spiro atoms. The molecular weight excluding hydrogens is 236 g/mol. The van der Waals surface area contributed by atoms with Gasteiger partial charge in [-0.3, -0.25) is 0 Å². The van der Waals surface area contributed by atoms with Crippen LogP contribution in [0.3, 0.4) is 0 Å². The summed E-state index contributed by atoms with van der Waals surface area (Å²) in [5, 5.41) is 0. The lowest BCUT2D eigenvalue weighted by Crippen LogP contribution is -1.90. The second-order valence-electron chi connectivity index (χ2n) is 4.18. The SMILES string of the molecule is COc1ccc(OC)c(C#Cc2ccc(C)cc2)c1. The fourth-order valence-corrected chi connectivity index (χ4v) is 1.69. The van der Waals surface area contributed by atoms with Crippen molar-refractivity contribution in [2.24, 2.45) is 0 Å². The van der Waals surface area contributed by atoms with Gasteiger partial charge in [-0.05, 0) is 37.3 Å². The van der Waals surface area contributed by atoms with E-state index in [1.165, 1.54) is 5.56 Å². The molecule has 2 rings (SSSR count). The first-order valence-electron chi connectivity index (χ1n) is 6.03. The van der Waals surface area contributed by atoms with Crippen molar-refractivity contribution in [3.05, 3.63) is 59.2 Å². The zero-order chi connectivity index (χ0) is 13.7. The Morgan fingerprint density at radius 3 is 2.21 bits per heavy atom. The van der Waals surface area contributed by atoms with Gasteiger partial charge in [-0.1, -0.05) is 29.5 Å². The Kier molecular flexibility index (Phi) is 4.10. The highest BCUT2D eigenvalue weighted by atomic mass is 16.5. The third-order valence-electron chi connectivity index (χ3n) is 2.80. The summed E-state index contributed by atoms with van der Waals surface area (Å²) >= 11 is 0. The van der Waals surface area contributed by atoms with E-state index in [2.05, 4.69) is 18.8 Å². The van der Waals surface area contributed by atoms with Gasteiger partial charge in [0, 0.05) is 5.56 Å². The number of hydrogen-bond acceptors (Lipinski definition) is 2. The van der Waals surface area contributed by atoms with Gasteiger partial charge in [0.25, 0.3) is 0 Å². The molecular formula is C17H16O2. The monoisotopic (exact) mass is 252 g/mol. The fraction of sp³-hybridized carbons (Fsp3) is 0.176. The predicted octanol–water partition coefficient (Wildman–Crippen LogP) is 3.41. The summed E-state index contributed by atoms with van der Waals surface area (Å²) in [7, 11) is 3.28. The third-order valence-corrected chi connectivity index (χ3v) is 2.80. The Hall–Kier alpha value is -2.40. The highest BCUT2D eigenvalue weighted by molar-refractivity contribution is 5.52. The van der Waals surface area contributed by atoms with Crippen LogP contribution in [0.2, 0.25) is 0 Å². The fourth-order valence-electron chi connectivity index (χ4n) is 1.69. The summed E-state index contributed by atoms with van der Waals surface area (Å²) in [4.78, 5) is 0. The molecule has 0 aliphatic carbocycles. The molecule has 0 aliphatic rings. The molecule has 0 fully saturated rings. The minimum Gasteiger partial charge on any atom is -0.497 e. The number of aryl methyl sites for hydroxylation is 1. The molecule has 0 saturated carbocycles. The van der Waals surface area contributed by atoms with Crippen LogP contribution < -0.4 is 9.47 Å². The first kappa shape index (κ1) is 13.0. The molecule has 0 atom stereocenters. The lowest BCUT2D eigenvalue weighted by molar-refractivity contribution is 0.402. The van der Waals surface area contributed by atoms with Crippen molar-refractivity contribution < 1.29 is 9.47 Å².